The molecule has 7 nitrogen and oxygen atoms in total. The van der Waals surface area contributed by atoms with Crippen LogP contribution in [0.5, 0.6) is 0 Å². The summed E-state index contributed by atoms with van der Waals surface area (Å²) < 4.78 is 5.68. The molecule has 1 fully saturated rings. The van der Waals surface area contributed by atoms with Gasteiger partial charge in [-0.25, -0.2) is 0 Å². The third-order valence-corrected chi connectivity index (χ3v) is 5.40. The van der Waals surface area contributed by atoms with Crippen LogP contribution in [0.2, 0.25) is 0 Å². The molecule has 8 heteroatoms. The molecule has 26 heavy (non-hydrogen) atoms. The highest BCUT2D eigenvalue weighted by atomic mass is 32.2. The van der Waals surface area contributed by atoms with Crippen molar-refractivity contribution in [2.24, 2.45) is 5.92 Å². The number of carbonyl (C=O) groups excluding carboxylic acids is 1. The first-order chi connectivity index (χ1) is 12.6. The number of aromatic amines is 1. The molecule has 132 valence electrons. The Morgan fingerprint density at radius 1 is 1.46 bits per heavy atom. The van der Waals surface area contributed by atoms with Gasteiger partial charge in [-0.3, -0.25) is 4.79 Å². The Hall–Kier alpha value is -2.79. The van der Waals surface area contributed by atoms with E-state index in [1.54, 1.807) is 6.92 Å². The van der Waals surface area contributed by atoms with Crippen molar-refractivity contribution in [2.45, 2.75) is 30.5 Å². The Morgan fingerprint density at radius 2 is 2.27 bits per heavy atom. The zero-order valence-corrected chi connectivity index (χ0v) is 15.0. The minimum Gasteiger partial charge on any atom is -0.411 e. The predicted octanol–water partition coefficient (Wildman–Crippen LogP) is 3.12. The molecule has 1 aliphatic rings. The molecule has 0 bridgehead atoms. The SMILES string of the molecule is C[C@@](C#N)(NC(=O)CSc1nnc(-c2c[nH]c3ccccc23)o1)C1CC1. The first-order valence-corrected chi connectivity index (χ1v) is 9.33. The lowest BCUT2D eigenvalue weighted by Crippen LogP contribution is -2.47. The Labute approximate surface area is 154 Å². The molecule has 0 saturated heterocycles. The van der Waals surface area contributed by atoms with Crippen molar-refractivity contribution in [2.75, 3.05) is 5.75 Å². The maximum Gasteiger partial charge on any atom is 0.277 e. The van der Waals surface area contributed by atoms with E-state index < -0.39 is 5.54 Å². The highest BCUT2D eigenvalue weighted by Gasteiger charge is 2.42. The van der Waals surface area contributed by atoms with Crippen molar-refractivity contribution in [3.05, 3.63) is 30.5 Å². The molecule has 2 heterocycles. The Kier molecular flexibility index (Phi) is 4.17. The maximum absolute atomic E-state index is 12.2. The van der Waals surface area contributed by atoms with Crippen molar-refractivity contribution in [1.82, 2.24) is 20.5 Å². The standard InChI is InChI=1S/C18H17N5O2S/c1-18(10-19,11-6-7-11)21-15(24)9-26-17-23-22-16(25-17)13-8-20-14-5-3-2-4-12(13)14/h2-5,8,11,20H,6-7,9H2,1H3,(H,21,24)/t18-/m0/s1. The zero-order valence-electron chi connectivity index (χ0n) is 14.2. The van der Waals surface area contributed by atoms with Crippen LogP contribution in [0.15, 0.2) is 40.1 Å². The number of nitriles is 1. The van der Waals surface area contributed by atoms with E-state index in [1.807, 2.05) is 30.5 Å². The third kappa shape index (κ3) is 3.18. The van der Waals surface area contributed by atoms with E-state index >= 15 is 0 Å². The van der Waals surface area contributed by atoms with E-state index in [-0.39, 0.29) is 17.6 Å². The molecule has 0 radical (unpaired) electrons. The first-order valence-electron chi connectivity index (χ1n) is 8.34. The Bertz CT molecular complexity index is 1000. The summed E-state index contributed by atoms with van der Waals surface area (Å²) in [4.78, 5) is 15.3. The van der Waals surface area contributed by atoms with Gasteiger partial charge in [-0.2, -0.15) is 5.26 Å². The summed E-state index contributed by atoms with van der Waals surface area (Å²) >= 11 is 1.16. The van der Waals surface area contributed by atoms with Crippen molar-refractivity contribution in [1.29, 1.82) is 5.26 Å². The number of thioether (sulfide) groups is 1. The van der Waals surface area contributed by atoms with Crippen molar-refractivity contribution >= 4 is 28.6 Å². The van der Waals surface area contributed by atoms with Crippen LogP contribution in [0.25, 0.3) is 22.4 Å². The summed E-state index contributed by atoms with van der Waals surface area (Å²) in [7, 11) is 0. The van der Waals surface area contributed by atoms with E-state index in [4.69, 9.17) is 4.42 Å². The molecule has 1 aliphatic carbocycles. The molecule has 0 spiro atoms. The summed E-state index contributed by atoms with van der Waals surface area (Å²) in [5.74, 6) is 0.570. The van der Waals surface area contributed by atoms with Gasteiger partial charge in [-0.05, 0) is 31.7 Å². The van der Waals surface area contributed by atoms with Crippen LogP contribution in [0.3, 0.4) is 0 Å². The van der Waals surface area contributed by atoms with E-state index in [1.165, 1.54) is 0 Å². The number of H-pyrrole nitrogens is 1. The van der Waals surface area contributed by atoms with Gasteiger partial charge in [0.1, 0.15) is 5.54 Å². The average molecular weight is 367 g/mol. The lowest BCUT2D eigenvalue weighted by molar-refractivity contribution is -0.119. The molecule has 1 atom stereocenters. The van der Waals surface area contributed by atoms with Crippen LogP contribution in [-0.2, 0) is 4.79 Å². The van der Waals surface area contributed by atoms with Crippen LogP contribution in [0.1, 0.15) is 19.8 Å². The molecule has 4 rings (SSSR count). The number of aromatic nitrogens is 3. The number of carbonyl (C=O) groups is 1. The lowest BCUT2D eigenvalue weighted by atomic mass is 9.98. The summed E-state index contributed by atoms with van der Waals surface area (Å²) in [6.45, 7) is 1.77. The second-order valence-corrected chi connectivity index (χ2v) is 7.47. The molecular formula is C18H17N5O2S. The van der Waals surface area contributed by atoms with Crippen LogP contribution in [0.4, 0.5) is 0 Å². The molecule has 2 aromatic heterocycles. The van der Waals surface area contributed by atoms with Crippen LogP contribution < -0.4 is 5.32 Å². The summed E-state index contributed by atoms with van der Waals surface area (Å²) in [6.07, 6.45) is 3.79. The minimum atomic E-state index is -0.790. The quantitative estimate of drug-likeness (QED) is 0.648. The van der Waals surface area contributed by atoms with E-state index in [2.05, 4.69) is 26.6 Å². The minimum absolute atomic E-state index is 0.125. The number of nitrogens with zero attached hydrogens (tertiary/aromatic N) is 3. The number of hydrogen-bond acceptors (Lipinski definition) is 6. The van der Waals surface area contributed by atoms with Crippen molar-refractivity contribution < 1.29 is 9.21 Å². The highest BCUT2D eigenvalue weighted by molar-refractivity contribution is 7.99. The van der Waals surface area contributed by atoms with Gasteiger partial charge < -0.3 is 14.7 Å². The fourth-order valence-electron chi connectivity index (χ4n) is 2.96. The van der Waals surface area contributed by atoms with Gasteiger partial charge in [0.2, 0.25) is 5.91 Å². The molecule has 1 saturated carbocycles. The van der Waals surface area contributed by atoms with E-state index in [0.29, 0.717) is 11.1 Å². The molecular weight excluding hydrogens is 350 g/mol. The number of fused-ring (bicyclic) bond motifs is 1. The lowest BCUT2D eigenvalue weighted by Gasteiger charge is -2.22. The van der Waals surface area contributed by atoms with Gasteiger partial charge >= 0.3 is 0 Å². The second kappa shape index (κ2) is 6.50. The van der Waals surface area contributed by atoms with Gasteiger partial charge in [0, 0.05) is 17.1 Å². The van der Waals surface area contributed by atoms with Crippen LogP contribution >= 0.6 is 11.8 Å². The number of amides is 1. The fourth-order valence-corrected chi connectivity index (χ4v) is 3.52. The number of hydrogen-bond donors (Lipinski definition) is 2. The van der Waals surface area contributed by atoms with Crippen molar-refractivity contribution in [3.8, 4) is 17.5 Å². The zero-order chi connectivity index (χ0) is 18.1. The van der Waals surface area contributed by atoms with Crippen molar-refractivity contribution in [3.63, 3.8) is 0 Å². The number of nitrogens with one attached hydrogen (secondary N) is 2. The normalized spacial score (nSPS) is 16.2. The van der Waals surface area contributed by atoms with E-state index in [0.717, 1.165) is 41.1 Å². The van der Waals surface area contributed by atoms with Gasteiger partial charge in [-0.1, -0.05) is 30.0 Å². The van der Waals surface area contributed by atoms with Gasteiger partial charge in [0.05, 0.1) is 17.4 Å². The summed E-state index contributed by atoms with van der Waals surface area (Å²) in [5, 5.41) is 21.5. The summed E-state index contributed by atoms with van der Waals surface area (Å²) in [5.41, 5.74) is 1.03. The topological polar surface area (TPSA) is 108 Å². The predicted molar refractivity (Wildman–Crippen MR) is 97.2 cm³/mol. The van der Waals surface area contributed by atoms with Gasteiger partial charge in [0.25, 0.3) is 11.1 Å². The number of rotatable bonds is 6. The highest BCUT2D eigenvalue weighted by Crippen LogP contribution is 2.39. The first kappa shape index (κ1) is 16.7. The Balaban J connectivity index is 1.41. The van der Waals surface area contributed by atoms with Crippen LogP contribution in [0, 0.1) is 17.2 Å². The molecule has 1 aromatic carbocycles. The molecule has 1 amide bonds. The second-order valence-electron chi connectivity index (χ2n) is 6.55. The third-order valence-electron chi connectivity index (χ3n) is 4.58. The smallest absolute Gasteiger partial charge is 0.277 e. The largest absolute Gasteiger partial charge is 0.411 e. The summed E-state index contributed by atoms with van der Waals surface area (Å²) in [6, 6.07) is 10.1. The Morgan fingerprint density at radius 3 is 3.04 bits per heavy atom. The van der Waals surface area contributed by atoms with Gasteiger partial charge in [-0.15, -0.1) is 10.2 Å². The number of benzene rings is 1. The fraction of sp³-hybridized carbons (Fsp3) is 0.333. The number of para-hydroxylation sites is 1. The average Bonchev–Trinajstić information content (AvgIpc) is 3.27. The molecule has 0 aliphatic heterocycles. The molecule has 3 aromatic rings. The van der Waals surface area contributed by atoms with Gasteiger partial charge in [0.15, 0.2) is 0 Å². The monoisotopic (exact) mass is 367 g/mol. The molecule has 2 N–H and O–H groups in total. The van der Waals surface area contributed by atoms with Crippen LogP contribution in [-0.4, -0.2) is 32.4 Å². The van der Waals surface area contributed by atoms with E-state index in [9.17, 15) is 10.1 Å². The molecule has 0 unspecified atom stereocenters. The maximum atomic E-state index is 12.2.